The number of ether oxygens (including phenoxy) is 2. The van der Waals surface area contributed by atoms with Crippen LogP contribution < -0.4 is 20.1 Å². The van der Waals surface area contributed by atoms with Crippen LogP contribution in [-0.4, -0.2) is 30.1 Å². The monoisotopic (exact) mass is 544 g/mol. The Bertz CT molecular complexity index is 1270. The number of benzene rings is 3. The summed E-state index contributed by atoms with van der Waals surface area (Å²) >= 11 is 0. The summed E-state index contributed by atoms with van der Waals surface area (Å²) in [6, 6.07) is 21.0. The molecule has 0 saturated heterocycles. The van der Waals surface area contributed by atoms with Crippen molar-refractivity contribution in [2.24, 2.45) is 11.8 Å². The smallest absolute Gasteiger partial charge is 0.251 e. The molecule has 2 fully saturated rings. The van der Waals surface area contributed by atoms with Gasteiger partial charge in [0.05, 0.1) is 12.2 Å². The first-order valence-corrected chi connectivity index (χ1v) is 14.2. The van der Waals surface area contributed by atoms with Crippen LogP contribution in [0, 0.1) is 17.7 Å². The zero-order chi connectivity index (χ0) is 28.1. The lowest BCUT2D eigenvalue weighted by atomic mass is 9.87. The van der Waals surface area contributed by atoms with Gasteiger partial charge in [-0.25, -0.2) is 4.39 Å². The Morgan fingerprint density at radius 3 is 2.05 bits per heavy atom. The first-order chi connectivity index (χ1) is 19.3. The molecule has 0 aliphatic heterocycles. The Morgan fingerprint density at radius 2 is 1.48 bits per heavy atom. The number of rotatable bonds is 13. The van der Waals surface area contributed by atoms with E-state index in [-0.39, 0.29) is 47.7 Å². The fraction of sp³-hybridized carbons (Fsp3) is 0.394. The molecule has 0 bridgehead atoms. The SMILES string of the molecule is C[C@H](C[C@H](C)[C@H](Cc1ccccc1)NC(=O)c1cc(OC2CC2)cc(OC2CC2)c1)C(=O)Nc1ccc(F)cc1. The summed E-state index contributed by atoms with van der Waals surface area (Å²) in [4.78, 5) is 26.5. The van der Waals surface area contributed by atoms with Gasteiger partial charge in [0.1, 0.15) is 17.3 Å². The lowest BCUT2D eigenvalue weighted by molar-refractivity contribution is -0.119. The normalized spacial score (nSPS) is 16.9. The third-order valence-electron chi connectivity index (χ3n) is 7.38. The quantitative estimate of drug-likeness (QED) is 0.256. The van der Waals surface area contributed by atoms with Crippen LogP contribution in [0.25, 0.3) is 0 Å². The molecule has 210 valence electrons. The molecule has 2 saturated carbocycles. The van der Waals surface area contributed by atoms with E-state index < -0.39 is 0 Å². The Hall–Kier alpha value is -3.87. The van der Waals surface area contributed by atoms with E-state index in [0.717, 1.165) is 31.2 Å². The summed E-state index contributed by atoms with van der Waals surface area (Å²) in [5, 5.41) is 6.11. The van der Waals surface area contributed by atoms with Crippen LogP contribution in [0.15, 0.2) is 72.8 Å². The number of hydrogen-bond donors (Lipinski definition) is 2. The van der Waals surface area contributed by atoms with Gasteiger partial charge in [0.15, 0.2) is 0 Å². The Morgan fingerprint density at radius 1 is 0.875 bits per heavy atom. The molecule has 40 heavy (non-hydrogen) atoms. The molecular weight excluding hydrogens is 507 g/mol. The fourth-order valence-corrected chi connectivity index (χ4v) is 4.74. The fourth-order valence-electron chi connectivity index (χ4n) is 4.74. The molecule has 2 N–H and O–H groups in total. The highest BCUT2D eigenvalue weighted by molar-refractivity contribution is 5.95. The van der Waals surface area contributed by atoms with Gasteiger partial charge < -0.3 is 20.1 Å². The number of amides is 2. The maximum absolute atomic E-state index is 13.6. The number of carbonyl (C=O) groups excluding carboxylic acids is 2. The zero-order valence-corrected chi connectivity index (χ0v) is 23.1. The Labute approximate surface area is 235 Å². The minimum atomic E-state index is -0.352. The minimum absolute atomic E-state index is 0.00814. The molecule has 0 unspecified atom stereocenters. The van der Waals surface area contributed by atoms with E-state index in [1.807, 2.05) is 43.3 Å². The number of halogens is 1. The first-order valence-electron chi connectivity index (χ1n) is 14.2. The van der Waals surface area contributed by atoms with Crippen LogP contribution in [0.1, 0.15) is 61.9 Å². The summed E-state index contributed by atoms with van der Waals surface area (Å²) in [5.74, 6) is 0.299. The Balaban J connectivity index is 1.29. The summed E-state index contributed by atoms with van der Waals surface area (Å²) in [6.45, 7) is 3.93. The predicted molar refractivity (Wildman–Crippen MR) is 153 cm³/mol. The van der Waals surface area contributed by atoms with E-state index in [9.17, 15) is 14.0 Å². The van der Waals surface area contributed by atoms with Gasteiger partial charge in [-0.15, -0.1) is 0 Å². The molecule has 3 atom stereocenters. The topological polar surface area (TPSA) is 76.7 Å². The minimum Gasteiger partial charge on any atom is -0.490 e. The highest BCUT2D eigenvalue weighted by Crippen LogP contribution is 2.33. The van der Waals surface area contributed by atoms with Crippen molar-refractivity contribution in [3.05, 3.63) is 89.7 Å². The highest BCUT2D eigenvalue weighted by atomic mass is 19.1. The third kappa shape index (κ3) is 8.07. The van der Waals surface area contributed by atoms with Gasteiger partial charge in [0, 0.05) is 29.3 Å². The molecule has 0 radical (unpaired) electrons. The van der Waals surface area contributed by atoms with Gasteiger partial charge in [-0.1, -0.05) is 44.2 Å². The summed E-state index contributed by atoms with van der Waals surface area (Å²) in [5.41, 5.74) is 2.16. The van der Waals surface area contributed by atoms with Crippen molar-refractivity contribution < 1.29 is 23.5 Å². The van der Waals surface area contributed by atoms with E-state index in [4.69, 9.17) is 9.47 Å². The van der Waals surface area contributed by atoms with Crippen LogP contribution in [0.2, 0.25) is 0 Å². The van der Waals surface area contributed by atoms with Gasteiger partial charge >= 0.3 is 0 Å². The Kier molecular flexibility index (Phi) is 8.68. The van der Waals surface area contributed by atoms with Crippen LogP contribution in [0.5, 0.6) is 11.5 Å². The molecule has 0 aromatic heterocycles. The van der Waals surface area contributed by atoms with Crippen molar-refractivity contribution in [1.29, 1.82) is 0 Å². The maximum atomic E-state index is 13.6. The van der Waals surface area contributed by atoms with Gasteiger partial charge in [-0.05, 0) is 86.4 Å². The van der Waals surface area contributed by atoms with Gasteiger partial charge in [0.2, 0.25) is 5.91 Å². The molecule has 2 aliphatic carbocycles. The molecule has 0 heterocycles. The summed E-state index contributed by atoms with van der Waals surface area (Å²) in [7, 11) is 0. The van der Waals surface area contributed by atoms with Crippen LogP contribution >= 0.6 is 0 Å². The lowest BCUT2D eigenvalue weighted by Gasteiger charge is -2.27. The molecule has 6 nitrogen and oxygen atoms in total. The van der Waals surface area contributed by atoms with E-state index in [1.165, 1.54) is 12.1 Å². The van der Waals surface area contributed by atoms with Crippen molar-refractivity contribution in [3.63, 3.8) is 0 Å². The third-order valence-corrected chi connectivity index (χ3v) is 7.38. The zero-order valence-electron chi connectivity index (χ0n) is 23.1. The van der Waals surface area contributed by atoms with Gasteiger partial charge in [-0.2, -0.15) is 0 Å². The van der Waals surface area contributed by atoms with Crippen LogP contribution in [0.4, 0.5) is 10.1 Å². The molecule has 7 heteroatoms. The average Bonchev–Trinajstić information content (AvgIpc) is 3.88. The van der Waals surface area contributed by atoms with E-state index >= 15 is 0 Å². The molecule has 0 spiro atoms. The molecule has 3 aromatic rings. The second kappa shape index (κ2) is 12.5. The maximum Gasteiger partial charge on any atom is 0.251 e. The number of carbonyl (C=O) groups is 2. The average molecular weight is 545 g/mol. The number of anilines is 1. The second-order valence-corrected chi connectivity index (χ2v) is 11.2. The molecule has 5 rings (SSSR count). The second-order valence-electron chi connectivity index (χ2n) is 11.2. The molecule has 2 aliphatic rings. The highest BCUT2D eigenvalue weighted by Gasteiger charge is 2.28. The van der Waals surface area contributed by atoms with Crippen molar-refractivity contribution in [2.45, 2.75) is 70.6 Å². The first kappa shape index (κ1) is 27.7. The van der Waals surface area contributed by atoms with Crippen LogP contribution in [0.3, 0.4) is 0 Å². The van der Waals surface area contributed by atoms with Crippen molar-refractivity contribution >= 4 is 17.5 Å². The molecule has 3 aromatic carbocycles. The van der Waals surface area contributed by atoms with Gasteiger partial charge in [-0.3, -0.25) is 9.59 Å². The molecule has 2 amide bonds. The van der Waals surface area contributed by atoms with Gasteiger partial charge in [0.25, 0.3) is 5.91 Å². The standard InChI is InChI=1S/C33H37FN2O4/c1-21(16-22(2)32(37)35-26-10-8-25(34)9-11-26)31(17-23-6-4-3-5-7-23)36-33(38)24-18-29(39-27-12-13-27)20-30(19-24)40-28-14-15-28/h3-11,18-22,27-28,31H,12-17H2,1-2H3,(H,35,37)(H,36,38)/t21-,22+,31-/m0/s1. The van der Waals surface area contributed by atoms with Crippen molar-refractivity contribution in [3.8, 4) is 11.5 Å². The number of hydrogen-bond acceptors (Lipinski definition) is 4. The van der Waals surface area contributed by atoms with Crippen molar-refractivity contribution in [1.82, 2.24) is 5.32 Å². The largest absolute Gasteiger partial charge is 0.490 e. The van der Waals surface area contributed by atoms with E-state index in [0.29, 0.717) is 35.6 Å². The van der Waals surface area contributed by atoms with Crippen molar-refractivity contribution in [2.75, 3.05) is 5.32 Å². The van der Waals surface area contributed by atoms with E-state index in [1.54, 1.807) is 24.3 Å². The summed E-state index contributed by atoms with van der Waals surface area (Å²) in [6.07, 6.45) is 5.71. The predicted octanol–water partition coefficient (Wildman–Crippen LogP) is 6.55. The lowest BCUT2D eigenvalue weighted by Crippen LogP contribution is -2.42. The van der Waals surface area contributed by atoms with Crippen LogP contribution in [-0.2, 0) is 11.2 Å². The van der Waals surface area contributed by atoms with E-state index in [2.05, 4.69) is 17.6 Å². The molecular formula is C33H37FN2O4. The summed E-state index contributed by atoms with van der Waals surface area (Å²) < 4.78 is 25.3. The number of nitrogens with one attached hydrogen (secondary N) is 2.